The Balaban J connectivity index is 3.53. The quantitative estimate of drug-likeness (QED) is 0.425. The minimum atomic E-state index is -2.20. The van der Waals surface area contributed by atoms with Gasteiger partial charge in [0.05, 0.1) is 0 Å². The molecule has 0 bridgehead atoms. The van der Waals surface area contributed by atoms with Gasteiger partial charge < -0.3 is 18.8 Å². The Labute approximate surface area is 41.5 Å². The second kappa shape index (κ2) is 2.40. The van der Waals surface area contributed by atoms with Crippen LogP contribution in [0.5, 0.6) is 0 Å². The maximum atomic E-state index is 9.54. The van der Waals surface area contributed by atoms with Crippen molar-refractivity contribution in [2.75, 3.05) is 0 Å². The van der Waals surface area contributed by atoms with Gasteiger partial charge in [0, 0.05) is 0 Å². The number of hydrogen-bond donors (Lipinski definition) is 3. The van der Waals surface area contributed by atoms with Crippen molar-refractivity contribution in [3.63, 3.8) is 0 Å². The van der Waals surface area contributed by atoms with E-state index in [-0.39, 0.29) is 0 Å². The number of hydrogen-bond acceptors (Lipinski definition) is 4. The van der Waals surface area contributed by atoms with Crippen LogP contribution in [0, 0.1) is 4.78 Å². The predicted octanol–water partition coefficient (Wildman–Crippen LogP) is -0.105. The molecule has 0 rings (SSSR count). The van der Waals surface area contributed by atoms with Gasteiger partial charge >= 0.3 is 6.09 Å². The van der Waals surface area contributed by atoms with Crippen LogP contribution in [-0.4, -0.2) is 11.2 Å². The van der Waals surface area contributed by atoms with Crippen molar-refractivity contribution in [2.24, 2.45) is 0 Å². The molecule has 7 heavy (non-hydrogen) atoms. The summed E-state index contributed by atoms with van der Waals surface area (Å²) in [5, 5.41) is 7.66. The fraction of sp³-hybridized carbons (Fsp3) is 0. The van der Waals surface area contributed by atoms with Gasteiger partial charge in [-0.05, 0) is 0 Å². The summed E-state index contributed by atoms with van der Waals surface area (Å²) in [5.41, 5.74) is 0. The smallest absolute Gasteiger partial charge is 0.388 e. The number of nitrogens with one attached hydrogen (secondary N) is 2. The third-order valence-electron chi connectivity index (χ3n) is 0.180. The summed E-state index contributed by atoms with van der Waals surface area (Å²) in [5.74, 6) is 0. The van der Waals surface area contributed by atoms with Crippen LogP contribution in [0.15, 0.2) is 0 Å². The standard InChI is InChI=1S/CH3N2O3S/c2-7(6)3-1(4)5/h(H,4,5)(H2,2,3,6)/q-1. The van der Waals surface area contributed by atoms with Crippen molar-refractivity contribution < 1.29 is 14.1 Å². The van der Waals surface area contributed by atoms with E-state index in [2.05, 4.69) is 0 Å². The van der Waals surface area contributed by atoms with E-state index in [0.29, 0.717) is 0 Å². The van der Waals surface area contributed by atoms with Crippen molar-refractivity contribution in [3.05, 3.63) is 0 Å². The average Bonchev–Trinajstić information content (AvgIpc) is 1.27. The number of rotatable bonds is 1. The molecule has 0 aliphatic carbocycles. The zero-order valence-corrected chi connectivity index (χ0v) is 3.99. The average molecular weight is 123 g/mol. The van der Waals surface area contributed by atoms with Gasteiger partial charge in [0.2, 0.25) is 0 Å². The van der Waals surface area contributed by atoms with Crippen LogP contribution < -0.4 is 4.72 Å². The highest BCUT2D eigenvalue weighted by molar-refractivity contribution is 7.71. The first kappa shape index (κ1) is 6.22. The first-order chi connectivity index (χ1) is 3.13. The minimum absolute atomic E-state index is 1.36. The van der Waals surface area contributed by atoms with E-state index in [1.807, 2.05) is 0 Å². The van der Waals surface area contributed by atoms with Crippen LogP contribution in [0.1, 0.15) is 0 Å². The molecule has 0 radical (unpaired) electrons. The van der Waals surface area contributed by atoms with Crippen molar-refractivity contribution in [1.82, 2.24) is 4.72 Å². The molecule has 0 spiro atoms. The normalized spacial score (nSPS) is 8.71. The van der Waals surface area contributed by atoms with Crippen LogP contribution in [-0.2, 0) is 15.0 Å². The monoisotopic (exact) mass is 123 g/mol. The molecule has 0 aromatic heterocycles. The molecule has 0 saturated carbocycles. The Hall–Kier alpha value is -0.780. The molecule has 0 aliphatic heterocycles. The van der Waals surface area contributed by atoms with Crippen LogP contribution >= 0.6 is 0 Å². The van der Waals surface area contributed by atoms with E-state index in [9.17, 15) is 9.00 Å². The maximum absolute atomic E-state index is 9.54. The molecule has 0 aliphatic rings. The highest BCUT2D eigenvalue weighted by atomic mass is 32.2. The van der Waals surface area contributed by atoms with Gasteiger partial charge in [-0.3, -0.25) is 0 Å². The highest BCUT2D eigenvalue weighted by Gasteiger charge is 1.78. The van der Waals surface area contributed by atoms with E-state index in [1.54, 1.807) is 0 Å². The van der Waals surface area contributed by atoms with Crippen LogP contribution in [0.4, 0.5) is 4.79 Å². The molecular formula is CH3N2O3S-. The second-order valence-corrected chi connectivity index (χ2v) is 1.42. The molecule has 0 unspecified atom stereocenters. The van der Waals surface area contributed by atoms with Gasteiger partial charge in [-0.25, -0.2) is 4.79 Å². The Kier molecular flexibility index (Phi) is 2.14. The van der Waals surface area contributed by atoms with Gasteiger partial charge in [0.25, 0.3) is 0 Å². The topological polar surface area (TPSA) is 90.3 Å². The van der Waals surface area contributed by atoms with Crippen LogP contribution in [0.3, 0.4) is 0 Å². The summed E-state index contributed by atoms with van der Waals surface area (Å²) in [6.07, 6.45) is -1.45. The number of carbonyl (C=O) groups is 1. The van der Waals surface area contributed by atoms with E-state index in [0.717, 1.165) is 0 Å². The lowest BCUT2D eigenvalue weighted by Crippen LogP contribution is -2.16. The van der Waals surface area contributed by atoms with Crippen LogP contribution in [0.25, 0.3) is 0 Å². The molecule has 0 atom stereocenters. The van der Waals surface area contributed by atoms with Crippen molar-refractivity contribution in [2.45, 2.75) is 0 Å². The molecule has 6 heteroatoms. The zero-order chi connectivity index (χ0) is 5.86. The lowest BCUT2D eigenvalue weighted by atomic mass is 11.3. The Morgan fingerprint density at radius 3 is 2.29 bits per heavy atom. The van der Waals surface area contributed by atoms with Crippen molar-refractivity contribution in [3.8, 4) is 0 Å². The molecule has 3 N–H and O–H groups in total. The maximum Gasteiger partial charge on any atom is 0.388 e. The van der Waals surface area contributed by atoms with E-state index in [1.165, 1.54) is 4.72 Å². The SMILES string of the molecule is N=[S-](=O)NC(=O)O. The molecule has 0 aromatic carbocycles. The summed E-state index contributed by atoms with van der Waals surface area (Å²) in [6, 6.07) is 0. The Bertz CT molecular complexity index is 130. The summed E-state index contributed by atoms with van der Waals surface area (Å²) in [7, 11) is -2.20. The summed E-state index contributed by atoms with van der Waals surface area (Å²) in [4.78, 5) is 9.39. The summed E-state index contributed by atoms with van der Waals surface area (Å²) < 4.78 is 17.0. The molecule has 0 saturated heterocycles. The molecule has 1 amide bonds. The van der Waals surface area contributed by atoms with Crippen molar-refractivity contribution in [1.29, 1.82) is 4.78 Å². The van der Waals surface area contributed by atoms with Gasteiger partial charge in [-0.15, -0.1) is 0 Å². The number of carboxylic acid groups (broad SMARTS) is 1. The van der Waals surface area contributed by atoms with E-state index >= 15 is 0 Å². The first-order valence-corrected chi connectivity index (χ1v) is 2.40. The summed E-state index contributed by atoms with van der Waals surface area (Å²) >= 11 is 0. The number of amides is 1. The van der Waals surface area contributed by atoms with E-state index in [4.69, 9.17) is 9.89 Å². The first-order valence-electron chi connectivity index (χ1n) is 1.25. The lowest BCUT2D eigenvalue weighted by molar-refractivity contribution is 0.201. The molecule has 0 fully saturated rings. The van der Waals surface area contributed by atoms with Crippen LogP contribution in [0.2, 0.25) is 0 Å². The molecule has 5 nitrogen and oxygen atoms in total. The Morgan fingerprint density at radius 1 is 1.86 bits per heavy atom. The van der Waals surface area contributed by atoms with Gasteiger partial charge in [-0.1, -0.05) is 10.8 Å². The predicted molar refractivity (Wildman–Crippen MR) is 21.9 cm³/mol. The third-order valence-corrected chi connectivity index (χ3v) is 0.540. The Morgan fingerprint density at radius 2 is 2.29 bits per heavy atom. The summed E-state index contributed by atoms with van der Waals surface area (Å²) in [6.45, 7) is 0. The molecule has 0 heterocycles. The third kappa shape index (κ3) is 5.22. The molecule has 42 valence electrons. The van der Waals surface area contributed by atoms with E-state index < -0.39 is 16.9 Å². The molecular weight excluding hydrogens is 120 g/mol. The zero-order valence-electron chi connectivity index (χ0n) is 3.17. The fourth-order valence-electron chi connectivity index (χ4n) is 0.0793. The van der Waals surface area contributed by atoms with Crippen molar-refractivity contribution >= 4 is 16.9 Å². The molecule has 0 aromatic rings. The van der Waals surface area contributed by atoms with Gasteiger partial charge in [-0.2, -0.15) is 0 Å². The second-order valence-electron chi connectivity index (χ2n) is 0.676. The fourth-order valence-corrected chi connectivity index (χ4v) is 0.238. The van der Waals surface area contributed by atoms with Gasteiger partial charge in [0.1, 0.15) is 0 Å². The lowest BCUT2D eigenvalue weighted by Gasteiger charge is -1.94. The largest absolute Gasteiger partial charge is 0.466 e. The van der Waals surface area contributed by atoms with Gasteiger partial charge in [0.15, 0.2) is 0 Å². The minimum Gasteiger partial charge on any atom is -0.466 e. The highest BCUT2D eigenvalue weighted by Crippen LogP contribution is 1.57.